The molecule has 0 radical (unpaired) electrons. The Kier molecular flexibility index (Phi) is 3.64. The number of piperidine rings is 1. The first kappa shape index (κ1) is 11.2. The number of ether oxygens (including phenoxy) is 1. The lowest BCUT2D eigenvalue weighted by molar-refractivity contribution is -0.133. The van der Waals surface area contributed by atoms with Gasteiger partial charge in [0.2, 0.25) is 5.91 Å². The van der Waals surface area contributed by atoms with Crippen LogP contribution in [-0.2, 0) is 9.53 Å². The number of cyclic esters (lactones) is 1. The van der Waals surface area contributed by atoms with Gasteiger partial charge in [-0.1, -0.05) is 0 Å². The highest BCUT2D eigenvalue weighted by Crippen LogP contribution is 2.10. The van der Waals surface area contributed by atoms with Crippen molar-refractivity contribution in [3.05, 3.63) is 0 Å². The molecule has 16 heavy (non-hydrogen) atoms. The van der Waals surface area contributed by atoms with E-state index in [0.717, 1.165) is 32.4 Å². The molecule has 0 saturated carbocycles. The van der Waals surface area contributed by atoms with Crippen LogP contribution in [0.15, 0.2) is 0 Å². The van der Waals surface area contributed by atoms with Crippen molar-refractivity contribution in [3.8, 4) is 0 Å². The van der Waals surface area contributed by atoms with Crippen LogP contribution in [0, 0.1) is 0 Å². The molecule has 90 valence electrons. The van der Waals surface area contributed by atoms with E-state index in [1.807, 2.05) is 4.90 Å². The Morgan fingerprint density at radius 3 is 2.56 bits per heavy atom. The number of nitrogens with zero attached hydrogens (tertiary/aromatic N) is 2. The second kappa shape index (κ2) is 5.18. The van der Waals surface area contributed by atoms with Crippen molar-refractivity contribution in [2.45, 2.75) is 25.7 Å². The van der Waals surface area contributed by atoms with Gasteiger partial charge >= 0.3 is 6.09 Å². The molecule has 0 unspecified atom stereocenters. The minimum absolute atomic E-state index is 0.0542. The van der Waals surface area contributed by atoms with Crippen molar-refractivity contribution in [2.24, 2.45) is 0 Å². The first-order valence-electron chi connectivity index (χ1n) is 5.97. The number of carbonyl (C=O) groups excluding carboxylic acids is 2. The molecular formula is C11H18N2O3. The van der Waals surface area contributed by atoms with Crippen LogP contribution in [0.25, 0.3) is 0 Å². The third kappa shape index (κ3) is 2.65. The zero-order chi connectivity index (χ0) is 11.4. The highest BCUT2D eigenvalue weighted by molar-refractivity contribution is 5.82. The van der Waals surface area contributed by atoms with Gasteiger partial charge in [0.15, 0.2) is 0 Å². The highest BCUT2D eigenvalue weighted by atomic mass is 16.6. The van der Waals surface area contributed by atoms with Gasteiger partial charge in [0, 0.05) is 19.6 Å². The highest BCUT2D eigenvalue weighted by Gasteiger charge is 2.25. The van der Waals surface area contributed by atoms with Crippen LogP contribution in [0.4, 0.5) is 4.79 Å². The molecule has 2 heterocycles. The molecule has 0 aromatic heterocycles. The maximum absolute atomic E-state index is 11.9. The Bertz CT molecular complexity index is 274. The summed E-state index contributed by atoms with van der Waals surface area (Å²) in [4.78, 5) is 26.6. The van der Waals surface area contributed by atoms with Crippen LogP contribution in [0.5, 0.6) is 0 Å². The fourth-order valence-electron chi connectivity index (χ4n) is 2.15. The number of hydrogen-bond donors (Lipinski definition) is 0. The summed E-state index contributed by atoms with van der Waals surface area (Å²) in [6, 6.07) is 0. The number of hydrogen-bond acceptors (Lipinski definition) is 3. The van der Waals surface area contributed by atoms with E-state index in [9.17, 15) is 9.59 Å². The molecule has 0 aromatic rings. The lowest BCUT2D eigenvalue weighted by Gasteiger charge is -2.31. The van der Waals surface area contributed by atoms with Gasteiger partial charge in [0.1, 0.15) is 6.54 Å². The smallest absolute Gasteiger partial charge is 0.410 e. The average molecular weight is 226 g/mol. The molecule has 2 aliphatic heterocycles. The van der Waals surface area contributed by atoms with Crippen LogP contribution in [-0.4, -0.2) is 54.6 Å². The molecule has 5 nitrogen and oxygen atoms in total. The summed E-state index contributed by atoms with van der Waals surface area (Å²) in [5, 5.41) is 0. The van der Waals surface area contributed by atoms with Gasteiger partial charge in [-0.25, -0.2) is 4.79 Å². The molecule has 2 rings (SSSR count). The molecule has 2 saturated heterocycles. The van der Waals surface area contributed by atoms with Gasteiger partial charge in [-0.15, -0.1) is 0 Å². The molecule has 2 amide bonds. The zero-order valence-corrected chi connectivity index (χ0v) is 9.48. The fourth-order valence-corrected chi connectivity index (χ4v) is 2.15. The Balaban J connectivity index is 1.83. The van der Waals surface area contributed by atoms with E-state index >= 15 is 0 Å². The normalized spacial score (nSPS) is 21.9. The van der Waals surface area contributed by atoms with Crippen LogP contribution in [0.1, 0.15) is 25.7 Å². The molecule has 0 N–H and O–H groups in total. The first-order valence-corrected chi connectivity index (χ1v) is 5.97. The van der Waals surface area contributed by atoms with Crippen LogP contribution in [0.2, 0.25) is 0 Å². The minimum Gasteiger partial charge on any atom is -0.449 e. The van der Waals surface area contributed by atoms with E-state index in [1.165, 1.54) is 11.3 Å². The molecular weight excluding hydrogens is 208 g/mol. The molecule has 0 atom stereocenters. The predicted octanol–water partition coefficient (Wildman–Crippen LogP) is 0.841. The SMILES string of the molecule is O=C(CN1CCCOC1=O)N1CCCCC1. The van der Waals surface area contributed by atoms with E-state index in [4.69, 9.17) is 4.74 Å². The molecule has 0 aromatic carbocycles. The van der Waals surface area contributed by atoms with Crippen molar-refractivity contribution < 1.29 is 14.3 Å². The van der Waals surface area contributed by atoms with E-state index in [0.29, 0.717) is 13.2 Å². The predicted molar refractivity (Wildman–Crippen MR) is 58.0 cm³/mol. The third-order valence-corrected chi connectivity index (χ3v) is 3.09. The van der Waals surface area contributed by atoms with E-state index in [1.54, 1.807) is 0 Å². The lowest BCUT2D eigenvalue weighted by atomic mass is 10.1. The first-order chi connectivity index (χ1) is 7.77. The standard InChI is InChI=1S/C11H18N2O3/c14-10(12-5-2-1-3-6-12)9-13-7-4-8-16-11(13)15/h1-9H2. The summed E-state index contributed by atoms with van der Waals surface area (Å²) in [6.07, 6.45) is 3.83. The van der Waals surface area contributed by atoms with Crippen molar-refractivity contribution in [1.82, 2.24) is 9.80 Å². The second-order valence-electron chi connectivity index (χ2n) is 4.33. The minimum atomic E-state index is -0.350. The Labute approximate surface area is 95.3 Å². The van der Waals surface area contributed by atoms with Gasteiger partial charge in [-0.3, -0.25) is 9.69 Å². The summed E-state index contributed by atoms with van der Waals surface area (Å²) in [7, 11) is 0. The molecule has 5 heteroatoms. The summed E-state index contributed by atoms with van der Waals surface area (Å²) in [5.41, 5.74) is 0. The van der Waals surface area contributed by atoms with Crippen molar-refractivity contribution in [1.29, 1.82) is 0 Å². The molecule has 2 aliphatic rings. The number of rotatable bonds is 2. The molecule has 0 bridgehead atoms. The van der Waals surface area contributed by atoms with Crippen molar-refractivity contribution >= 4 is 12.0 Å². The average Bonchev–Trinajstić information content (AvgIpc) is 2.33. The Morgan fingerprint density at radius 2 is 1.88 bits per heavy atom. The summed E-state index contributed by atoms with van der Waals surface area (Å²) >= 11 is 0. The molecule has 0 spiro atoms. The second-order valence-corrected chi connectivity index (χ2v) is 4.33. The van der Waals surface area contributed by atoms with E-state index in [-0.39, 0.29) is 18.5 Å². The topological polar surface area (TPSA) is 49.9 Å². The maximum Gasteiger partial charge on any atom is 0.410 e. The Hall–Kier alpha value is -1.26. The molecule has 2 fully saturated rings. The van der Waals surface area contributed by atoms with Crippen molar-refractivity contribution in [3.63, 3.8) is 0 Å². The summed E-state index contributed by atoms with van der Waals surface area (Å²) in [6.45, 7) is 2.97. The zero-order valence-electron chi connectivity index (χ0n) is 9.48. The van der Waals surface area contributed by atoms with Gasteiger partial charge in [-0.05, 0) is 25.7 Å². The number of carbonyl (C=O) groups is 2. The van der Waals surface area contributed by atoms with Gasteiger partial charge in [0.05, 0.1) is 6.61 Å². The fraction of sp³-hybridized carbons (Fsp3) is 0.818. The Morgan fingerprint density at radius 1 is 1.12 bits per heavy atom. The van der Waals surface area contributed by atoms with Gasteiger partial charge < -0.3 is 9.64 Å². The van der Waals surface area contributed by atoms with E-state index < -0.39 is 0 Å². The monoisotopic (exact) mass is 226 g/mol. The van der Waals surface area contributed by atoms with Crippen molar-refractivity contribution in [2.75, 3.05) is 32.8 Å². The van der Waals surface area contributed by atoms with E-state index in [2.05, 4.69) is 0 Å². The maximum atomic E-state index is 11.9. The lowest BCUT2D eigenvalue weighted by Crippen LogP contribution is -2.46. The third-order valence-electron chi connectivity index (χ3n) is 3.09. The number of amides is 2. The van der Waals surface area contributed by atoms with Gasteiger partial charge in [0.25, 0.3) is 0 Å². The number of likely N-dealkylation sites (tertiary alicyclic amines) is 1. The summed E-state index contributed by atoms with van der Waals surface area (Å²) < 4.78 is 4.89. The largest absolute Gasteiger partial charge is 0.449 e. The quantitative estimate of drug-likeness (QED) is 0.701. The van der Waals surface area contributed by atoms with Gasteiger partial charge in [-0.2, -0.15) is 0 Å². The van der Waals surface area contributed by atoms with Crippen LogP contribution in [0.3, 0.4) is 0 Å². The molecule has 0 aliphatic carbocycles. The summed E-state index contributed by atoms with van der Waals surface area (Å²) in [5.74, 6) is 0.0542. The van der Waals surface area contributed by atoms with Crippen LogP contribution >= 0.6 is 0 Å². The van der Waals surface area contributed by atoms with Crippen LogP contribution < -0.4 is 0 Å².